The van der Waals surface area contributed by atoms with E-state index in [9.17, 15) is 34.6 Å². The molecular formula is C22H22N4O9. The van der Waals surface area contributed by atoms with Gasteiger partial charge in [-0.25, -0.2) is 9.59 Å². The minimum atomic E-state index is -1.11. The van der Waals surface area contributed by atoms with E-state index in [1.54, 1.807) is 13.0 Å². The predicted octanol–water partition coefficient (Wildman–Crippen LogP) is 3.31. The molecule has 0 saturated heterocycles. The summed E-state index contributed by atoms with van der Waals surface area (Å²) in [6.45, 7) is 2.97. The van der Waals surface area contributed by atoms with Gasteiger partial charge in [0.2, 0.25) is 0 Å². The molecule has 0 bridgehead atoms. The highest BCUT2D eigenvalue weighted by molar-refractivity contribution is 6.04. The van der Waals surface area contributed by atoms with Gasteiger partial charge in [-0.05, 0) is 37.6 Å². The smallest absolute Gasteiger partial charge is 0.354 e. The van der Waals surface area contributed by atoms with E-state index in [0.717, 1.165) is 0 Å². The molecular weight excluding hydrogens is 464 g/mol. The zero-order valence-corrected chi connectivity index (χ0v) is 19.2. The molecule has 0 radical (unpaired) electrons. The summed E-state index contributed by atoms with van der Waals surface area (Å²) in [4.78, 5) is 57.0. The number of nitro benzene ring substituents is 2. The zero-order valence-electron chi connectivity index (χ0n) is 19.2. The molecule has 0 saturated carbocycles. The topological polar surface area (TPSA) is 184 Å². The molecule has 13 nitrogen and oxygen atoms in total. The van der Waals surface area contributed by atoms with Gasteiger partial charge in [0.25, 0.3) is 11.4 Å². The second kappa shape index (κ2) is 11.4. The summed E-state index contributed by atoms with van der Waals surface area (Å²) in [5.41, 5.74) is 1.99. The summed E-state index contributed by atoms with van der Waals surface area (Å²) in [6, 6.07) is 8.66. The van der Waals surface area contributed by atoms with E-state index in [-0.39, 0.29) is 11.4 Å². The normalized spacial score (nSPS) is 11.0. The molecule has 2 N–H and O–H groups in total. The minimum absolute atomic E-state index is 0.00369. The summed E-state index contributed by atoms with van der Waals surface area (Å²) in [7, 11) is 2.46. The standard InChI is InChI=1S/C11H12N2O5.C11H10N2O4/c1-7(14)10(11(15)18-2)12-8-3-5-9(6-4-8)13(16)17;1-6-8-5-7(13(15)16)3-4-9(8)12-10(6)11(14)17-2/h3-6,10,12H,1-2H3;3-5,12H,1-2H3. The van der Waals surface area contributed by atoms with E-state index >= 15 is 0 Å². The average molecular weight is 486 g/mol. The number of carbonyl (C=O) groups excluding carboxylic acids is 3. The van der Waals surface area contributed by atoms with Gasteiger partial charge in [-0.2, -0.15) is 0 Å². The number of ketones is 1. The lowest BCUT2D eigenvalue weighted by Crippen LogP contribution is -2.36. The Balaban J connectivity index is 0.000000247. The molecule has 2 aromatic carbocycles. The Morgan fingerprint density at radius 1 is 0.943 bits per heavy atom. The van der Waals surface area contributed by atoms with Gasteiger partial charge in [0, 0.05) is 40.9 Å². The van der Waals surface area contributed by atoms with Crippen LogP contribution in [0.3, 0.4) is 0 Å². The number of fused-ring (bicyclic) bond motifs is 1. The number of aryl methyl sites for hydroxylation is 1. The number of methoxy groups -OCH3 is 2. The number of hydrogen-bond donors (Lipinski definition) is 2. The van der Waals surface area contributed by atoms with Gasteiger partial charge in [-0.15, -0.1) is 0 Å². The number of aromatic nitrogens is 1. The predicted molar refractivity (Wildman–Crippen MR) is 124 cm³/mol. The number of aromatic amines is 1. The molecule has 0 fully saturated rings. The van der Waals surface area contributed by atoms with Crippen molar-refractivity contribution in [3.8, 4) is 0 Å². The van der Waals surface area contributed by atoms with Crippen molar-refractivity contribution in [1.82, 2.24) is 4.98 Å². The van der Waals surface area contributed by atoms with Crippen LogP contribution >= 0.6 is 0 Å². The summed E-state index contributed by atoms with van der Waals surface area (Å²) < 4.78 is 9.10. The number of non-ortho nitro benzene ring substituents is 2. The van der Waals surface area contributed by atoms with Crippen molar-refractivity contribution >= 4 is 45.7 Å². The Morgan fingerprint density at radius 3 is 2.00 bits per heavy atom. The minimum Gasteiger partial charge on any atom is -0.467 e. The van der Waals surface area contributed by atoms with Crippen molar-refractivity contribution in [1.29, 1.82) is 0 Å². The molecule has 0 aliphatic heterocycles. The molecule has 1 heterocycles. The first-order valence-electron chi connectivity index (χ1n) is 9.94. The Bertz CT molecular complexity index is 1280. The Morgan fingerprint density at radius 2 is 1.51 bits per heavy atom. The van der Waals surface area contributed by atoms with Crippen LogP contribution in [0.2, 0.25) is 0 Å². The number of nitrogens with zero attached hydrogens (tertiary/aromatic N) is 2. The van der Waals surface area contributed by atoms with Gasteiger partial charge >= 0.3 is 11.9 Å². The highest BCUT2D eigenvalue weighted by atomic mass is 16.6. The number of nitrogens with one attached hydrogen (secondary N) is 2. The maximum atomic E-state index is 11.4. The van der Waals surface area contributed by atoms with E-state index < -0.39 is 33.6 Å². The van der Waals surface area contributed by atoms with E-state index in [2.05, 4.69) is 19.8 Å². The van der Waals surface area contributed by atoms with Crippen LogP contribution in [0, 0.1) is 27.2 Å². The van der Waals surface area contributed by atoms with E-state index in [4.69, 9.17) is 0 Å². The summed E-state index contributed by atoms with van der Waals surface area (Å²) in [6.07, 6.45) is 0. The van der Waals surface area contributed by atoms with Gasteiger partial charge in [0.15, 0.2) is 11.8 Å². The number of nitro groups is 2. The number of anilines is 1. The summed E-state index contributed by atoms with van der Waals surface area (Å²) in [5.74, 6) is -1.59. The third kappa shape index (κ3) is 6.37. The lowest BCUT2D eigenvalue weighted by molar-refractivity contribution is -0.385. The van der Waals surface area contributed by atoms with Gasteiger partial charge in [-0.3, -0.25) is 25.0 Å². The fraction of sp³-hybridized carbons (Fsp3) is 0.227. The van der Waals surface area contributed by atoms with Crippen LogP contribution in [-0.4, -0.2) is 52.8 Å². The number of esters is 2. The monoisotopic (exact) mass is 486 g/mol. The molecule has 1 aromatic heterocycles. The Kier molecular flexibility index (Phi) is 8.58. The second-order valence-electron chi connectivity index (χ2n) is 7.12. The van der Waals surface area contributed by atoms with Gasteiger partial charge < -0.3 is 19.8 Å². The van der Waals surface area contributed by atoms with Crippen LogP contribution in [0.1, 0.15) is 23.0 Å². The molecule has 3 aromatic rings. The highest BCUT2D eigenvalue weighted by Gasteiger charge is 2.24. The number of Topliss-reactive ketones (excluding diaryl/α,β-unsaturated/α-hetero) is 1. The maximum Gasteiger partial charge on any atom is 0.354 e. The summed E-state index contributed by atoms with van der Waals surface area (Å²) >= 11 is 0. The van der Waals surface area contributed by atoms with Crippen LogP contribution in [-0.2, 0) is 19.1 Å². The fourth-order valence-electron chi connectivity index (χ4n) is 3.02. The Hall–Kier alpha value is -4.81. The van der Waals surface area contributed by atoms with E-state index in [1.165, 1.54) is 57.5 Å². The van der Waals surface area contributed by atoms with Crippen LogP contribution in [0.4, 0.5) is 17.1 Å². The maximum absolute atomic E-state index is 11.4. The van der Waals surface area contributed by atoms with Crippen molar-refractivity contribution in [2.24, 2.45) is 0 Å². The third-order valence-corrected chi connectivity index (χ3v) is 4.87. The molecule has 184 valence electrons. The van der Waals surface area contributed by atoms with Crippen molar-refractivity contribution in [2.75, 3.05) is 19.5 Å². The van der Waals surface area contributed by atoms with Gasteiger partial charge in [0.1, 0.15) is 5.69 Å². The lowest BCUT2D eigenvalue weighted by Gasteiger charge is -2.14. The number of carbonyl (C=O) groups is 3. The molecule has 0 amide bonds. The second-order valence-corrected chi connectivity index (χ2v) is 7.12. The quantitative estimate of drug-likeness (QED) is 0.217. The first-order chi connectivity index (χ1) is 16.5. The van der Waals surface area contributed by atoms with E-state index in [1.807, 2.05) is 0 Å². The van der Waals surface area contributed by atoms with Crippen molar-refractivity contribution in [3.63, 3.8) is 0 Å². The molecule has 0 spiro atoms. The Labute approximate surface area is 198 Å². The lowest BCUT2D eigenvalue weighted by atomic mass is 10.1. The summed E-state index contributed by atoms with van der Waals surface area (Å²) in [5, 5.41) is 24.4. The molecule has 1 unspecified atom stereocenters. The average Bonchev–Trinajstić information content (AvgIpc) is 3.17. The zero-order chi connectivity index (χ0) is 26.3. The highest BCUT2D eigenvalue weighted by Crippen LogP contribution is 2.26. The third-order valence-electron chi connectivity index (χ3n) is 4.87. The number of hydrogen-bond acceptors (Lipinski definition) is 10. The van der Waals surface area contributed by atoms with Crippen LogP contribution in [0.15, 0.2) is 42.5 Å². The molecule has 3 rings (SSSR count). The van der Waals surface area contributed by atoms with Crippen LogP contribution in [0.5, 0.6) is 0 Å². The number of ether oxygens (including phenoxy) is 2. The first-order valence-corrected chi connectivity index (χ1v) is 9.94. The molecule has 0 aliphatic rings. The SMILES string of the molecule is COC(=O)C(Nc1ccc([N+](=O)[O-])cc1)C(C)=O.COC(=O)c1[nH]c2ccc([N+](=O)[O-])cc2c1C. The van der Waals surface area contributed by atoms with Crippen molar-refractivity contribution < 1.29 is 33.7 Å². The number of H-pyrrole nitrogens is 1. The first kappa shape index (κ1) is 26.4. The molecule has 1 atom stereocenters. The van der Waals surface area contributed by atoms with Crippen molar-refractivity contribution in [3.05, 3.63) is 74.0 Å². The molecule has 35 heavy (non-hydrogen) atoms. The fourth-order valence-corrected chi connectivity index (χ4v) is 3.02. The molecule has 0 aliphatic carbocycles. The van der Waals surface area contributed by atoms with Gasteiger partial charge in [0.05, 0.1) is 24.1 Å². The van der Waals surface area contributed by atoms with Crippen LogP contribution in [0.25, 0.3) is 10.9 Å². The van der Waals surface area contributed by atoms with Gasteiger partial charge in [-0.1, -0.05) is 0 Å². The molecule has 13 heteroatoms. The van der Waals surface area contributed by atoms with Crippen molar-refractivity contribution in [2.45, 2.75) is 19.9 Å². The van der Waals surface area contributed by atoms with E-state index in [0.29, 0.717) is 27.8 Å². The largest absolute Gasteiger partial charge is 0.467 e. The number of rotatable bonds is 7. The van der Waals surface area contributed by atoms with Crippen LogP contribution < -0.4 is 5.32 Å². The number of benzene rings is 2.